The van der Waals surface area contributed by atoms with E-state index in [1.807, 2.05) is 54.6 Å². The van der Waals surface area contributed by atoms with Crippen molar-refractivity contribution in [3.63, 3.8) is 0 Å². The van der Waals surface area contributed by atoms with Gasteiger partial charge in [-0.25, -0.2) is 9.80 Å². The minimum atomic E-state index is -0.442. The fraction of sp³-hybridized carbons (Fsp3) is 0.148. The van der Waals surface area contributed by atoms with E-state index in [4.69, 9.17) is 13.9 Å². The molecule has 0 saturated carbocycles. The van der Waals surface area contributed by atoms with Crippen LogP contribution in [0.1, 0.15) is 23.6 Å². The zero-order valence-electron chi connectivity index (χ0n) is 18.5. The number of nitrogens with zero attached hydrogens (tertiary/aromatic N) is 2. The summed E-state index contributed by atoms with van der Waals surface area (Å²) in [5.74, 6) is 0.902. The second-order valence-corrected chi connectivity index (χ2v) is 7.89. The standard InChI is InChI=1S/C27H22N2O5/c1-32-21-11-7-19(8-12-21)24-16-23(18-5-3-2-4-6-18)28-29(24)26(30)17-33-22-13-9-20-10-14-27(31)34-25(20)15-22/h2-15,24H,16-17H2,1H3/t24-/m1/s1. The van der Waals surface area contributed by atoms with Crippen molar-refractivity contribution in [1.29, 1.82) is 0 Å². The predicted molar refractivity (Wildman–Crippen MR) is 128 cm³/mol. The third-order valence-electron chi connectivity index (χ3n) is 5.73. The van der Waals surface area contributed by atoms with E-state index >= 15 is 0 Å². The highest BCUT2D eigenvalue weighted by Gasteiger charge is 2.33. The minimum Gasteiger partial charge on any atom is -0.497 e. The lowest BCUT2D eigenvalue weighted by Crippen LogP contribution is -2.31. The van der Waals surface area contributed by atoms with Gasteiger partial charge in [-0.05, 0) is 41.5 Å². The van der Waals surface area contributed by atoms with Gasteiger partial charge in [0, 0.05) is 23.9 Å². The third-order valence-corrected chi connectivity index (χ3v) is 5.73. The Morgan fingerprint density at radius 2 is 1.74 bits per heavy atom. The quantitative estimate of drug-likeness (QED) is 0.399. The summed E-state index contributed by atoms with van der Waals surface area (Å²) in [6, 6.07) is 25.4. The van der Waals surface area contributed by atoms with E-state index < -0.39 is 5.63 Å². The van der Waals surface area contributed by atoms with Crippen molar-refractivity contribution in [3.8, 4) is 11.5 Å². The van der Waals surface area contributed by atoms with E-state index in [9.17, 15) is 9.59 Å². The maximum atomic E-state index is 13.2. The Bertz CT molecular complexity index is 1410. The minimum absolute atomic E-state index is 0.208. The van der Waals surface area contributed by atoms with Gasteiger partial charge in [0.05, 0.1) is 18.9 Å². The van der Waals surface area contributed by atoms with Crippen molar-refractivity contribution < 1.29 is 18.7 Å². The molecule has 34 heavy (non-hydrogen) atoms. The number of benzene rings is 3. The van der Waals surface area contributed by atoms with Crippen molar-refractivity contribution >= 4 is 22.6 Å². The van der Waals surface area contributed by atoms with Crippen LogP contribution >= 0.6 is 0 Å². The average molecular weight is 454 g/mol. The number of hydrazone groups is 1. The lowest BCUT2D eigenvalue weighted by atomic mass is 9.98. The number of rotatable bonds is 6. The third kappa shape index (κ3) is 4.41. The predicted octanol–water partition coefficient (Wildman–Crippen LogP) is 4.56. The Hall–Kier alpha value is -4.39. The summed E-state index contributed by atoms with van der Waals surface area (Å²) in [5.41, 5.74) is 2.72. The number of hydrogen-bond donors (Lipinski definition) is 0. The van der Waals surface area contributed by atoms with Crippen LogP contribution in [0.15, 0.2) is 99.2 Å². The van der Waals surface area contributed by atoms with Gasteiger partial charge in [-0.3, -0.25) is 4.79 Å². The summed E-state index contributed by atoms with van der Waals surface area (Å²) in [5, 5.41) is 6.93. The van der Waals surface area contributed by atoms with Crippen molar-refractivity contribution in [2.75, 3.05) is 13.7 Å². The summed E-state index contributed by atoms with van der Waals surface area (Å²) >= 11 is 0. The largest absolute Gasteiger partial charge is 0.497 e. The van der Waals surface area contributed by atoms with Gasteiger partial charge in [0.15, 0.2) is 6.61 Å². The van der Waals surface area contributed by atoms with Crippen molar-refractivity contribution in [2.24, 2.45) is 5.10 Å². The number of fused-ring (bicyclic) bond motifs is 1. The van der Waals surface area contributed by atoms with Gasteiger partial charge in [-0.2, -0.15) is 5.10 Å². The Morgan fingerprint density at radius 1 is 1.00 bits per heavy atom. The Labute approximate surface area is 195 Å². The SMILES string of the molecule is COc1ccc([C@H]2CC(c3ccccc3)=NN2C(=O)COc2ccc3ccc(=O)oc3c2)cc1. The molecular formula is C27H22N2O5. The molecular weight excluding hydrogens is 432 g/mol. The first-order valence-corrected chi connectivity index (χ1v) is 10.9. The monoisotopic (exact) mass is 454 g/mol. The molecule has 0 spiro atoms. The smallest absolute Gasteiger partial charge is 0.336 e. The van der Waals surface area contributed by atoms with Gasteiger partial charge >= 0.3 is 5.63 Å². The summed E-state index contributed by atoms with van der Waals surface area (Å²) in [7, 11) is 1.62. The van der Waals surface area contributed by atoms with Crippen LogP contribution in [0.25, 0.3) is 11.0 Å². The molecule has 2 heterocycles. The Balaban J connectivity index is 1.38. The summed E-state index contributed by atoms with van der Waals surface area (Å²) in [4.78, 5) is 24.7. The number of hydrogen-bond acceptors (Lipinski definition) is 6. The van der Waals surface area contributed by atoms with Crippen LogP contribution in [0.5, 0.6) is 11.5 Å². The maximum absolute atomic E-state index is 13.2. The average Bonchev–Trinajstić information content (AvgIpc) is 3.33. The number of ether oxygens (including phenoxy) is 2. The number of carbonyl (C=O) groups excluding carboxylic acids is 1. The van der Waals surface area contributed by atoms with Crippen LogP contribution in [0.4, 0.5) is 0 Å². The molecule has 0 unspecified atom stereocenters. The highest BCUT2D eigenvalue weighted by molar-refractivity contribution is 6.03. The zero-order valence-corrected chi connectivity index (χ0v) is 18.5. The number of methoxy groups -OCH3 is 1. The van der Waals surface area contributed by atoms with Crippen LogP contribution in [-0.2, 0) is 4.79 Å². The lowest BCUT2D eigenvalue weighted by molar-refractivity contribution is -0.135. The first-order chi connectivity index (χ1) is 16.6. The topological polar surface area (TPSA) is 81.3 Å². The van der Waals surface area contributed by atoms with E-state index in [2.05, 4.69) is 5.10 Å². The fourth-order valence-electron chi connectivity index (χ4n) is 3.97. The molecule has 170 valence electrons. The molecule has 0 saturated heterocycles. The first kappa shape index (κ1) is 21.5. The van der Waals surface area contributed by atoms with Gasteiger partial charge in [0.2, 0.25) is 0 Å². The molecule has 5 rings (SSSR count). The molecule has 7 heteroatoms. The van der Waals surface area contributed by atoms with E-state index in [1.165, 1.54) is 11.1 Å². The Morgan fingerprint density at radius 3 is 2.50 bits per heavy atom. The molecule has 0 N–H and O–H groups in total. The van der Waals surface area contributed by atoms with Gasteiger partial charge < -0.3 is 13.9 Å². The number of amides is 1. The highest BCUT2D eigenvalue weighted by Crippen LogP contribution is 2.33. The summed E-state index contributed by atoms with van der Waals surface area (Å²) in [6.45, 7) is -0.208. The first-order valence-electron chi connectivity index (χ1n) is 10.9. The molecule has 3 aromatic carbocycles. The van der Waals surface area contributed by atoms with Crippen molar-refractivity contribution in [1.82, 2.24) is 5.01 Å². The molecule has 1 atom stereocenters. The molecule has 4 aromatic rings. The van der Waals surface area contributed by atoms with Crippen LogP contribution < -0.4 is 15.1 Å². The fourth-order valence-corrected chi connectivity index (χ4v) is 3.97. The van der Waals surface area contributed by atoms with Crippen LogP contribution in [0.2, 0.25) is 0 Å². The second-order valence-electron chi connectivity index (χ2n) is 7.89. The lowest BCUT2D eigenvalue weighted by Gasteiger charge is -2.22. The van der Waals surface area contributed by atoms with Crippen molar-refractivity contribution in [3.05, 3.63) is 106 Å². The molecule has 7 nitrogen and oxygen atoms in total. The summed E-state index contributed by atoms with van der Waals surface area (Å²) < 4.78 is 16.2. The summed E-state index contributed by atoms with van der Waals surface area (Å²) in [6.07, 6.45) is 0.587. The molecule has 1 amide bonds. The van der Waals surface area contributed by atoms with Crippen molar-refractivity contribution in [2.45, 2.75) is 12.5 Å². The normalized spacial score (nSPS) is 15.3. The van der Waals surface area contributed by atoms with Crippen LogP contribution in [0.3, 0.4) is 0 Å². The highest BCUT2D eigenvalue weighted by atomic mass is 16.5. The zero-order chi connectivity index (χ0) is 23.5. The molecule has 0 radical (unpaired) electrons. The maximum Gasteiger partial charge on any atom is 0.336 e. The van der Waals surface area contributed by atoms with E-state index in [1.54, 1.807) is 31.4 Å². The van der Waals surface area contributed by atoms with E-state index in [0.29, 0.717) is 17.8 Å². The molecule has 0 aliphatic carbocycles. The molecule has 1 aliphatic heterocycles. The second kappa shape index (κ2) is 9.23. The van der Waals surface area contributed by atoms with Gasteiger partial charge in [0.25, 0.3) is 5.91 Å². The van der Waals surface area contributed by atoms with Gasteiger partial charge in [-0.1, -0.05) is 42.5 Å². The van der Waals surface area contributed by atoms with E-state index in [-0.39, 0.29) is 18.6 Å². The molecule has 0 bridgehead atoms. The molecule has 1 aromatic heterocycles. The van der Waals surface area contributed by atoms with Crippen LogP contribution in [0, 0.1) is 0 Å². The number of carbonyl (C=O) groups is 1. The van der Waals surface area contributed by atoms with Gasteiger partial charge in [0.1, 0.15) is 17.1 Å². The van der Waals surface area contributed by atoms with Crippen LogP contribution in [-0.4, -0.2) is 30.3 Å². The van der Waals surface area contributed by atoms with Gasteiger partial charge in [-0.15, -0.1) is 0 Å². The molecule has 1 aliphatic rings. The Kier molecular flexibility index (Phi) is 5.82. The molecule has 0 fully saturated rings. The van der Waals surface area contributed by atoms with E-state index in [0.717, 1.165) is 28.0 Å².